The lowest BCUT2D eigenvalue weighted by Crippen LogP contribution is -2.50. The summed E-state index contributed by atoms with van der Waals surface area (Å²) in [5.74, 6) is 0.645. The number of nitrogens with one attached hydrogen (secondary N) is 1. The maximum atomic E-state index is 12.4. The Bertz CT molecular complexity index is 523. The lowest BCUT2D eigenvalue weighted by molar-refractivity contribution is 0.0651. The molecule has 0 spiro atoms. The number of ether oxygens (including phenoxy) is 2. The van der Waals surface area contributed by atoms with E-state index in [0.717, 1.165) is 0 Å². The van der Waals surface area contributed by atoms with Gasteiger partial charge in [0.25, 0.3) is 6.43 Å². The lowest BCUT2D eigenvalue weighted by atomic mass is 10.3. The van der Waals surface area contributed by atoms with E-state index < -0.39 is 6.43 Å². The molecule has 1 aliphatic rings. The van der Waals surface area contributed by atoms with Crippen LogP contribution in [0.25, 0.3) is 0 Å². The highest BCUT2D eigenvalue weighted by Crippen LogP contribution is 2.18. The Balaban J connectivity index is 1.81. The van der Waals surface area contributed by atoms with Crippen LogP contribution in [0, 0.1) is 0 Å². The van der Waals surface area contributed by atoms with Crippen LogP contribution in [0.1, 0.15) is 0 Å². The van der Waals surface area contributed by atoms with Gasteiger partial charge in [-0.25, -0.2) is 13.6 Å². The molecule has 0 saturated carbocycles. The molecule has 1 saturated heterocycles. The molecule has 0 radical (unpaired) electrons. The number of hydrogen-bond donors (Lipinski definition) is 1. The van der Waals surface area contributed by atoms with Crippen LogP contribution < -0.4 is 10.1 Å². The molecule has 134 valence electrons. The van der Waals surface area contributed by atoms with Gasteiger partial charge in [0.1, 0.15) is 12.4 Å². The summed E-state index contributed by atoms with van der Waals surface area (Å²) >= 11 is 0. The monoisotopic (exact) mass is 343 g/mol. The molecule has 2 amide bonds. The molecule has 0 atom stereocenters. The molecule has 1 fully saturated rings. The number of anilines is 1. The van der Waals surface area contributed by atoms with E-state index in [4.69, 9.17) is 9.47 Å². The van der Waals surface area contributed by atoms with Crippen molar-refractivity contribution in [2.24, 2.45) is 0 Å². The zero-order chi connectivity index (χ0) is 17.4. The minimum Gasteiger partial charge on any atom is -0.491 e. The fraction of sp³-hybridized carbons (Fsp3) is 0.562. The smallest absolute Gasteiger partial charge is 0.321 e. The van der Waals surface area contributed by atoms with Crippen molar-refractivity contribution in [3.05, 3.63) is 24.3 Å². The molecule has 1 aliphatic heterocycles. The van der Waals surface area contributed by atoms with E-state index in [1.807, 2.05) is 0 Å². The number of rotatable bonds is 7. The van der Waals surface area contributed by atoms with Gasteiger partial charge in [0.15, 0.2) is 0 Å². The van der Waals surface area contributed by atoms with E-state index in [1.165, 1.54) is 0 Å². The van der Waals surface area contributed by atoms with Crippen molar-refractivity contribution in [1.82, 2.24) is 9.80 Å². The number of methoxy groups -OCH3 is 1. The van der Waals surface area contributed by atoms with Crippen LogP contribution in [0.15, 0.2) is 24.3 Å². The van der Waals surface area contributed by atoms with Crippen molar-refractivity contribution in [1.29, 1.82) is 0 Å². The number of carbonyl (C=O) groups excluding carboxylic acids is 1. The van der Waals surface area contributed by atoms with E-state index in [2.05, 4.69) is 5.32 Å². The Morgan fingerprint density at radius 1 is 1.25 bits per heavy atom. The van der Waals surface area contributed by atoms with Crippen LogP contribution >= 0.6 is 0 Å². The normalized spacial score (nSPS) is 15.6. The first-order chi connectivity index (χ1) is 11.6. The molecular formula is C16H23F2N3O3. The van der Waals surface area contributed by atoms with Gasteiger partial charge in [-0.05, 0) is 12.1 Å². The second-order valence-corrected chi connectivity index (χ2v) is 5.48. The topological polar surface area (TPSA) is 54.0 Å². The number of piperazine rings is 1. The molecule has 24 heavy (non-hydrogen) atoms. The summed E-state index contributed by atoms with van der Waals surface area (Å²) in [5, 5.41) is 2.81. The summed E-state index contributed by atoms with van der Waals surface area (Å²) in [6.45, 7) is 2.46. The minimum atomic E-state index is -2.34. The zero-order valence-corrected chi connectivity index (χ0v) is 13.7. The predicted molar refractivity (Wildman–Crippen MR) is 86.8 cm³/mol. The third-order valence-corrected chi connectivity index (χ3v) is 3.70. The van der Waals surface area contributed by atoms with Crippen LogP contribution in [0.5, 0.6) is 5.75 Å². The van der Waals surface area contributed by atoms with Gasteiger partial charge in [0.05, 0.1) is 13.2 Å². The highest BCUT2D eigenvalue weighted by molar-refractivity contribution is 5.89. The SMILES string of the molecule is COCCOc1cccc(NC(=O)N2CCN(CC(F)F)CC2)c1. The first kappa shape index (κ1) is 18.4. The number of benzene rings is 1. The highest BCUT2D eigenvalue weighted by atomic mass is 19.3. The van der Waals surface area contributed by atoms with Crippen molar-refractivity contribution in [3.63, 3.8) is 0 Å². The minimum absolute atomic E-state index is 0.235. The Morgan fingerprint density at radius 3 is 2.67 bits per heavy atom. The molecular weight excluding hydrogens is 320 g/mol. The number of hydrogen-bond acceptors (Lipinski definition) is 4. The molecule has 1 N–H and O–H groups in total. The van der Waals surface area contributed by atoms with Gasteiger partial charge in [0.2, 0.25) is 0 Å². The average Bonchev–Trinajstić information content (AvgIpc) is 2.55. The zero-order valence-electron chi connectivity index (χ0n) is 13.7. The maximum Gasteiger partial charge on any atom is 0.321 e. The quantitative estimate of drug-likeness (QED) is 0.771. The highest BCUT2D eigenvalue weighted by Gasteiger charge is 2.22. The van der Waals surface area contributed by atoms with Gasteiger partial charge >= 0.3 is 6.03 Å². The predicted octanol–water partition coefficient (Wildman–Crippen LogP) is 2.13. The number of nitrogens with zero attached hydrogens (tertiary/aromatic N) is 2. The van der Waals surface area contributed by atoms with E-state index in [1.54, 1.807) is 41.2 Å². The van der Waals surface area contributed by atoms with E-state index in [0.29, 0.717) is 50.8 Å². The summed E-state index contributed by atoms with van der Waals surface area (Å²) in [5.41, 5.74) is 0.630. The number of halogens is 2. The molecule has 1 aromatic carbocycles. The fourth-order valence-electron chi connectivity index (χ4n) is 2.44. The summed E-state index contributed by atoms with van der Waals surface area (Å²) in [6, 6.07) is 6.86. The summed E-state index contributed by atoms with van der Waals surface area (Å²) in [7, 11) is 1.60. The van der Waals surface area contributed by atoms with Crippen LogP contribution in [0.2, 0.25) is 0 Å². The third-order valence-electron chi connectivity index (χ3n) is 3.70. The van der Waals surface area contributed by atoms with Gasteiger partial charge in [-0.3, -0.25) is 4.90 Å². The van der Waals surface area contributed by atoms with Crippen LogP contribution in [-0.4, -0.2) is 75.3 Å². The van der Waals surface area contributed by atoms with Crippen molar-refractivity contribution >= 4 is 11.7 Å². The van der Waals surface area contributed by atoms with Crippen molar-refractivity contribution < 1.29 is 23.0 Å². The van der Waals surface area contributed by atoms with Crippen LogP contribution in [0.3, 0.4) is 0 Å². The Hall–Kier alpha value is -1.93. The molecule has 0 unspecified atom stereocenters. The molecule has 0 aliphatic carbocycles. The Kier molecular flexibility index (Phi) is 7.20. The maximum absolute atomic E-state index is 12.4. The standard InChI is InChI=1S/C16H23F2N3O3/c1-23-9-10-24-14-4-2-3-13(11-14)19-16(22)21-7-5-20(6-8-21)12-15(17)18/h2-4,11,15H,5-10,12H2,1H3,(H,19,22). The van der Waals surface area contributed by atoms with Crippen LogP contribution in [-0.2, 0) is 4.74 Å². The molecule has 0 aromatic heterocycles. The summed E-state index contributed by atoms with van der Waals surface area (Å²) in [4.78, 5) is 15.5. The van der Waals surface area contributed by atoms with Gasteiger partial charge in [-0.15, -0.1) is 0 Å². The van der Waals surface area contributed by atoms with E-state index in [-0.39, 0.29) is 12.6 Å². The second-order valence-electron chi connectivity index (χ2n) is 5.48. The van der Waals surface area contributed by atoms with Gasteiger partial charge in [-0.1, -0.05) is 6.07 Å². The third kappa shape index (κ3) is 5.93. The molecule has 0 bridgehead atoms. The van der Waals surface area contributed by atoms with Crippen molar-refractivity contribution in [2.75, 3.05) is 58.4 Å². The Labute approximate surface area is 140 Å². The molecule has 2 rings (SSSR count). The Morgan fingerprint density at radius 2 is 2.00 bits per heavy atom. The first-order valence-electron chi connectivity index (χ1n) is 7.86. The van der Waals surface area contributed by atoms with E-state index >= 15 is 0 Å². The molecule has 1 aromatic rings. The van der Waals surface area contributed by atoms with Gasteiger partial charge in [0, 0.05) is 45.0 Å². The molecule has 6 nitrogen and oxygen atoms in total. The number of urea groups is 1. The number of amides is 2. The van der Waals surface area contributed by atoms with Gasteiger partial charge in [-0.2, -0.15) is 0 Å². The van der Waals surface area contributed by atoms with Crippen molar-refractivity contribution in [3.8, 4) is 5.75 Å². The number of carbonyl (C=O) groups is 1. The van der Waals surface area contributed by atoms with Gasteiger partial charge < -0.3 is 19.7 Å². The van der Waals surface area contributed by atoms with Crippen molar-refractivity contribution in [2.45, 2.75) is 6.43 Å². The summed E-state index contributed by atoms with van der Waals surface area (Å²) < 4.78 is 35.1. The summed E-state index contributed by atoms with van der Waals surface area (Å²) in [6.07, 6.45) is -2.34. The molecule has 1 heterocycles. The first-order valence-corrected chi connectivity index (χ1v) is 7.86. The molecule has 8 heteroatoms. The largest absolute Gasteiger partial charge is 0.491 e. The van der Waals surface area contributed by atoms with Crippen LogP contribution in [0.4, 0.5) is 19.3 Å². The fourth-order valence-corrected chi connectivity index (χ4v) is 2.44. The second kappa shape index (κ2) is 9.39. The average molecular weight is 343 g/mol. The van der Waals surface area contributed by atoms with E-state index in [9.17, 15) is 13.6 Å². The number of alkyl halides is 2. The lowest BCUT2D eigenvalue weighted by Gasteiger charge is -2.34.